The molecule has 2 aromatic rings. The molecule has 1 N–H and O–H groups in total. The van der Waals surface area contributed by atoms with Gasteiger partial charge in [-0.2, -0.15) is 0 Å². The fourth-order valence-electron chi connectivity index (χ4n) is 3.33. The number of aromatic hydroxyl groups is 1. The van der Waals surface area contributed by atoms with Gasteiger partial charge in [-0.15, -0.1) is 0 Å². The molecule has 0 saturated heterocycles. The predicted molar refractivity (Wildman–Crippen MR) is 127 cm³/mol. The fourth-order valence-corrected chi connectivity index (χ4v) is 6.20. The van der Waals surface area contributed by atoms with Crippen LogP contribution in [0.3, 0.4) is 0 Å². The Morgan fingerprint density at radius 3 is 1.84 bits per heavy atom. The van der Waals surface area contributed by atoms with Crippen molar-refractivity contribution in [3.63, 3.8) is 0 Å². The van der Waals surface area contributed by atoms with Crippen LogP contribution in [0.1, 0.15) is 59.4 Å². The van der Waals surface area contributed by atoms with Gasteiger partial charge in [0.05, 0.1) is 5.19 Å². The average Bonchev–Trinajstić information content (AvgIpc) is 2.75. The van der Waals surface area contributed by atoms with Gasteiger partial charge < -0.3 is 23.1 Å². The molecule has 0 unspecified atom stereocenters. The van der Waals surface area contributed by atoms with Crippen molar-refractivity contribution in [1.82, 2.24) is 0 Å². The summed E-state index contributed by atoms with van der Waals surface area (Å²) in [7, 11) is -3.16. The fraction of sp³-hybridized carbons (Fsp3) is 0.520. The predicted octanol–water partition coefficient (Wildman–Crippen LogP) is 5.22. The van der Waals surface area contributed by atoms with Crippen molar-refractivity contribution >= 4 is 14.0 Å². The van der Waals surface area contributed by atoms with E-state index in [-0.39, 0.29) is 5.75 Å². The maximum atomic E-state index is 10.2. The Morgan fingerprint density at radius 1 is 0.774 bits per heavy atom. The maximum absolute atomic E-state index is 10.2. The molecule has 0 radical (unpaired) electrons. The van der Waals surface area contributed by atoms with Gasteiger partial charge in [0.2, 0.25) is 0 Å². The lowest BCUT2D eigenvalue weighted by Gasteiger charge is -2.33. The van der Waals surface area contributed by atoms with Gasteiger partial charge in [-0.05, 0) is 50.8 Å². The first-order chi connectivity index (χ1) is 14.9. The van der Waals surface area contributed by atoms with Crippen LogP contribution in [0.5, 0.6) is 11.5 Å². The Hall–Kier alpha value is -1.86. The largest absolute Gasteiger partial charge is 0.541 e. The molecule has 6 heteroatoms. The summed E-state index contributed by atoms with van der Waals surface area (Å²) >= 11 is 0. The molecule has 0 atom stereocenters. The van der Waals surface area contributed by atoms with E-state index in [0.29, 0.717) is 32.0 Å². The minimum atomic E-state index is -3.16. The lowest BCUT2D eigenvalue weighted by molar-refractivity contribution is 0.0699. The molecule has 0 aromatic heterocycles. The zero-order chi connectivity index (χ0) is 22.7. The average molecular weight is 447 g/mol. The highest BCUT2D eigenvalue weighted by Crippen LogP contribution is 2.27. The third-order valence-corrected chi connectivity index (χ3v) is 7.52. The number of hydrogen-bond acceptors (Lipinski definition) is 5. The van der Waals surface area contributed by atoms with E-state index in [4.69, 9.17) is 18.0 Å². The molecule has 0 fully saturated rings. The normalized spacial score (nSPS) is 12.2. The molecule has 0 aliphatic heterocycles. The van der Waals surface area contributed by atoms with Gasteiger partial charge >= 0.3 is 8.80 Å². The first-order valence-electron chi connectivity index (χ1n) is 11.3. The minimum Gasteiger partial charge on any atom is -0.508 e. The van der Waals surface area contributed by atoms with Crippen molar-refractivity contribution in [2.75, 3.05) is 19.8 Å². The van der Waals surface area contributed by atoms with Gasteiger partial charge in [-0.25, -0.2) is 0 Å². The molecule has 172 valence electrons. The molecular formula is C25H38O5Si. The molecule has 5 nitrogen and oxygen atoms in total. The van der Waals surface area contributed by atoms with Crippen molar-refractivity contribution in [2.24, 2.45) is 0 Å². The Bertz CT molecular complexity index is 771. The molecule has 0 amide bonds. The van der Waals surface area contributed by atoms with Crippen LogP contribution in [0.4, 0.5) is 0 Å². The van der Waals surface area contributed by atoms with Crippen molar-refractivity contribution in [1.29, 1.82) is 0 Å². The van der Waals surface area contributed by atoms with Crippen LogP contribution in [0.2, 0.25) is 0 Å². The molecule has 0 heterocycles. The van der Waals surface area contributed by atoms with Crippen molar-refractivity contribution < 1.29 is 23.1 Å². The van der Waals surface area contributed by atoms with Crippen LogP contribution in [0.15, 0.2) is 48.5 Å². The Kier molecular flexibility index (Phi) is 10.0. The third kappa shape index (κ3) is 7.35. The van der Waals surface area contributed by atoms with Gasteiger partial charge in [0.15, 0.2) is 0 Å². The summed E-state index contributed by atoms with van der Waals surface area (Å²) in [5.41, 5.74) is 0.287. The van der Waals surface area contributed by atoms with Gasteiger partial charge in [0.1, 0.15) is 17.1 Å². The van der Waals surface area contributed by atoms with Crippen LogP contribution in [0.25, 0.3) is 0 Å². The number of rotatable bonds is 14. The van der Waals surface area contributed by atoms with Crippen LogP contribution in [0, 0.1) is 0 Å². The summed E-state index contributed by atoms with van der Waals surface area (Å²) in [5, 5.41) is 11.1. The number of ether oxygens (including phenoxy) is 1. The smallest absolute Gasteiger partial charge is 0.508 e. The van der Waals surface area contributed by atoms with Crippen molar-refractivity contribution in [3.8, 4) is 11.5 Å². The molecule has 0 bridgehead atoms. The maximum Gasteiger partial charge on any atom is 0.541 e. The zero-order valence-corrected chi connectivity index (χ0v) is 20.6. The highest BCUT2D eigenvalue weighted by Gasteiger charge is 2.46. The SMILES string of the molecule is CCCO[Si](OCCC)(OCCC)c1ccccc1OC(C)(C)Cc1ccccc1O. The number of para-hydroxylation sites is 2. The van der Waals surface area contributed by atoms with E-state index >= 15 is 0 Å². The van der Waals surface area contributed by atoms with Crippen LogP contribution >= 0.6 is 0 Å². The third-order valence-electron chi connectivity index (χ3n) is 4.70. The molecule has 0 aliphatic carbocycles. The standard InChI is InChI=1S/C25H38O5Si/c1-6-17-27-31(28-18-7-2,29-19-8-3)24-16-12-11-15-23(24)30-25(4,5)20-21-13-9-10-14-22(21)26/h9-16,26H,6-8,17-20H2,1-5H3. The lowest BCUT2D eigenvalue weighted by atomic mass is 9.97. The van der Waals surface area contributed by atoms with Gasteiger partial charge in [0, 0.05) is 26.2 Å². The highest BCUT2D eigenvalue weighted by molar-refractivity contribution is 6.76. The van der Waals surface area contributed by atoms with Crippen molar-refractivity contribution in [3.05, 3.63) is 54.1 Å². The molecule has 0 aliphatic rings. The summed E-state index contributed by atoms with van der Waals surface area (Å²) < 4.78 is 25.5. The minimum absolute atomic E-state index is 0.278. The second-order valence-corrected chi connectivity index (χ2v) is 10.8. The number of phenolic OH excluding ortho intramolecular Hbond substituents is 1. The Morgan fingerprint density at radius 2 is 1.29 bits per heavy atom. The summed E-state index contributed by atoms with van der Waals surface area (Å²) in [6, 6.07) is 15.2. The number of benzene rings is 2. The second kappa shape index (κ2) is 12.2. The molecule has 31 heavy (non-hydrogen) atoms. The topological polar surface area (TPSA) is 57.2 Å². The summed E-state index contributed by atoms with van der Waals surface area (Å²) in [4.78, 5) is 0. The van der Waals surface area contributed by atoms with Gasteiger partial charge in [-0.3, -0.25) is 0 Å². The van der Waals surface area contributed by atoms with E-state index in [9.17, 15) is 5.11 Å². The summed E-state index contributed by atoms with van der Waals surface area (Å²) in [5.74, 6) is 0.984. The first kappa shape index (κ1) is 25.4. The molecule has 0 spiro atoms. The molecule has 2 aromatic carbocycles. The molecule has 2 rings (SSSR count). The quantitative estimate of drug-likeness (QED) is 0.403. The Balaban J connectivity index is 2.39. The first-order valence-corrected chi connectivity index (χ1v) is 13.1. The van der Waals surface area contributed by atoms with Crippen LogP contribution in [-0.2, 0) is 19.7 Å². The van der Waals surface area contributed by atoms with E-state index in [1.54, 1.807) is 6.07 Å². The monoisotopic (exact) mass is 446 g/mol. The number of phenols is 1. The van der Waals surface area contributed by atoms with Crippen LogP contribution < -0.4 is 9.92 Å². The number of hydrogen-bond donors (Lipinski definition) is 1. The Labute approximate surface area is 188 Å². The van der Waals surface area contributed by atoms with E-state index in [2.05, 4.69) is 20.8 Å². The highest BCUT2D eigenvalue weighted by atomic mass is 28.4. The van der Waals surface area contributed by atoms with Crippen LogP contribution in [-0.4, -0.2) is 39.3 Å². The molecular weight excluding hydrogens is 408 g/mol. The van der Waals surface area contributed by atoms with E-state index in [1.807, 2.05) is 56.3 Å². The molecule has 0 saturated carbocycles. The van der Waals surface area contributed by atoms with E-state index in [1.165, 1.54) is 0 Å². The van der Waals surface area contributed by atoms with Crippen molar-refractivity contribution in [2.45, 2.75) is 65.9 Å². The van der Waals surface area contributed by atoms with E-state index in [0.717, 1.165) is 30.0 Å². The van der Waals surface area contributed by atoms with E-state index < -0.39 is 14.4 Å². The lowest BCUT2D eigenvalue weighted by Crippen LogP contribution is -2.58. The van der Waals surface area contributed by atoms with Gasteiger partial charge in [0.25, 0.3) is 0 Å². The summed E-state index contributed by atoms with van der Waals surface area (Å²) in [6.07, 6.45) is 3.19. The summed E-state index contributed by atoms with van der Waals surface area (Å²) in [6.45, 7) is 12.0. The zero-order valence-electron chi connectivity index (χ0n) is 19.6. The second-order valence-electron chi connectivity index (χ2n) is 8.26. The van der Waals surface area contributed by atoms with Gasteiger partial charge in [-0.1, -0.05) is 57.2 Å².